The number of para-hydroxylation sites is 1. The van der Waals surface area contributed by atoms with Crippen molar-refractivity contribution in [2.45, 2.75) is 65.3 Å². The zero-order valence-corrected chi connectivity index (χ0v) is 23.7. The Morgan fingerprint density at radius 2 is 1.95 bits per heavy atom. The molecule has 0 fully saturated rings. The van der Waals surface area contributed by atoms with Crippen LogP contribution in [0.25, 0.3) is 11.2 Å². The van der Waals surface area contributed by atoms with Gasteiger partial charge in [0.2, 0.25) is 7.44 Å². The van der Waals surface area contributed by atoms with Gasteiger partial charge in [-0.2, -0.15) is 0 Å². The molecule has 38 heavy (non-hydrogen) atoms. The van der Waals surface area contributed by atoms with E-state index in [-0.39, 0.29) is 25.1 Å². The highest BCUT2D eigenvalue weighted by atomic mass is 31.2. The number of esters is 1. The molecule has 1 unspecified atom stereocenters. The van der Waals surface area contributed by atoms with Gasteiger partial charge in [-0.1, -0.05) is 25.1 Å². The van der Waals surface area contributed by atoms with Gasteiger partial charge in [-0.15, -0.1) is 0 Å². The molecule has 0 saturated carbocycles. The van der Waals surface area contributed by atoms with E-state index in [4.69, 9.17) is 19.9 Å². The normalized spacial score (nSPS) is 15.1. The van der Waals surface area contributed by atoms with Crippen LogP contribution in [0.5, 0.6) is 5.75 Å². The first-order chi connectivity index (χ1) is 18.0. The Balaban J connectivity index is 1.79. The van der Waals surface area contributed by atoms with E-state index in [1.165, 1.54) is 6.33 Å². The van der Waals surface area contributed by atoms with Crippen molar-refractivity contribution >= 4 is 30.4 Å². The average molecular weight is 548 g/mol. The highest BCUT2D eigenvalue weighted by Gasteiger charge is 2.38. The van der Waals surface area contributed by atoms with Crippen LogP contribution >= 0.6 is 7.44 Å². The number of aromatic nitrogens is 4. The van der Waals surface area contributed by atoms with Gasteiger partial charge in [0.25, 0.3) is 0 Å². The van der Waals surface area contributed by atoms with Crippen molar-refractivity contribution in [2.75, 3.05) is 25.8 Å². The molecule has 1 aromatic carbocycles. The standard InChI is InChI=1S/C25H38N7O5P/c1-7-12-36-24(33)25(4,5)31-38(34,30-18(3)19-10-8-9-11-20(19)35-6)16-37-17(2)13-32-15-29-21-22(26)27-14-28-23(21)32/h8-11,14-15,17-18H,7,12-13,16H2,1-6H3,(H2,26,27,28)(H2,30,31,34)/t17-,18-,38?/m1/s1. The van der Waals surface area contributed by atoms with E-state index in [2.05, 4.69) is 25.1 Å². The van der Waals surface area contributed by atoms with Crippen LogP contribution in [-0.4, -0.2) is 57.2 Å². The van der Waals surface area contributed by atoms with E-state index in [1.54, 1.807) is 31.9 Å². The SMILES string of the molecule is CCCOC(=O)C(C)(C)NP(=O)(CO[C@H](C)Cn1cnc2c(N)ncnc21)N[C@H](C)c1ccccc1OC. The van der Waals surface area contributed by atoms with Crippen LogP contribution in [0, 0.1) is 0 Å². The number of nitrogens with one attached hydrogen (secondary N) is 2. The van der Waals surface area contributed by atoms with Gasteiger partial charge >= 0.3 is 5.97 Å². The minimum atomic E-state index is -3.53. The second kappa shape index (κ2) is 12.7. The molecule has 208 valence electrons. The molecule has 0 spiro atoms. The van der Waals surface area contributed by atoms with Crippen molar-refractivity contribution in [3.8, 4) is 5.75 Å². The number of nitrogens with two attached hydrogens (primary N) is 1. The monoisotopic (exact) mass is 547 g/mol. The Bertz CT molecular complexity index is 1280. The van der Waals surface area contributed by atoms with Crippen LogP contribution in [0.4, 0.5) is 5.82 Å². The second-order valence-corrected chi connectivity index (χ2v) is 11.9. The fraction of sp³-hybridized carbons (Fsp3) is 0.520. The number of fused-ring (bicyclic) bond motifs is 1. The lowest BCUT2D eigenvalue weighted by Gasteiger charge is -2.33. The fourth-order valence-corrected chi connectivity index (χ4v) is 6.40. The summed E-state index contributed by atoms with van der Waals surface area (Å²) in [5.41, 5.74) is 6.55. The second-order valence-electron chi connectivity index (χ2n) is 9.64. The number of rotatable bonds is 14. The van der Waals surface area contributed by atoms with E-state index < -0.39 is 19.0 Å². The Labute approximate surface area is 223 Å². The van der Waals surface area contributed by atoms with Gasteiger partial charge in [-0.3, -0.25) is 9.36 Å². The summed E-state index contributed by atoms with van der Waals surface area (Å²) in [6.45, 7) is 9.58. The molecule has 0 aliphatic rings. The Hall–Kier alpha value is -3.05. The highest BCUT2D eigenvalue weighted by molar-refractivity contribution is 7.59. The van der Waals surface area contributed by atoms with Gasteiger partial charge in [-0.25, -0.2) is 25.1 Å². The summed E-state index contributed by atoms with van der Waals surface area (Å²) in [7, 11) is -1.95. The molecule has 0 aliphatic carbocycles. The van der Waals surface area contributed by atoms with E-state index in [9.17, 15) is 9.36 Å². The number of ether oxygens (including phenoxy) is 3. The maximum Gasteiger partial charge on any atom is 0.326 e. The van der Waals surface area contributed by atoms with E-state index in [1.807, 2.05) is 45.0 Å². The largest absolute Gasteiger partial charge is 0.496 e. The number of carbonyl (C=O) groups is 1. The number of carbonyl (C=O) groups excluding carboxylic acids is 1. The summed E-state index contributed by atoms with van der Waals surface area (Å²) < 4.78 is 33.0. The van der Waals surface area contributed by atoms with Gasteiger partial charge in [0.05, 0.1) is 32.7 Å². The molecule has 12 nitrogen and oxygen atoms in total. The first-order valence-corrected chi connectivity index (χ1v) is 14.4. The van der Waals surface area contributed by atoms with Crippen LogP contribution in [0.1, 0.15) is 52.6 Å². The van der Waals surface area contributed by atoms with Crippen molar-refractivity contribution in [1.82, 2.24) is 29.7 Å². The Morgan fingerprint density at radius 1 is 1.21 bits per heavy atom. The summed E-state index contributed by atoms with van der Waals surface area (Å²) >= 11 is 0. The molecule has 4 N–H and O–H groups in total. The lowest BCUT2D eigenvalue weighted by Crippen LogP contribution is -2.49. The summed E-state index contributed by atoms with van der Waals surface area (Å²) in [6, 6.07) is 7.08. The number of hydrogen-bond acceptors (Lipinski definition) is 9. The molecule has 2 aromatic heterocycles. The molecule has 0 bridgehead atoms. The smallest absolute Gasteiger partial charge is 0.326 e. The molecule has 0 radical (unpaired) electrons. The van der Waals surface area contributed by atoms with Crippen molar-refractivity contribution in [3.63, 3.8) is 0 Å². The summed E-state index contributed by atoms with van der Waals surface area (Å²) in [6.07, 6.45) is 3.10. The minimum Gasteiger partial charge on any atom is -0.496 e. The quantitative estimate of drug-likeness (QED) is 0.200. The lowest BCUT2D eigenvalue weighted by molar-refractivity contribution is -0.149. The maximum absolute atomic E-state index is 14.3. The first kappa shape index (κ1) is 29.5. The molecular weight excluding hydrogens is 509 g/mol. The average Bonchev–Trinajstić information content (AvgIpc) is 3.29. The summed E-state index contributed by atoms with van der Waals surface area (Å²) in [5, 5.41) is 6.19. The third-order valence-corrected chi connectivity index (χ3v) is 8.08. The predicted octanol–water partition coefficient (Wildman–Crippen LogP) is 3.65. The van der Waals surface area contributed by atoms with Crippen molar-refractivity contribution in [3.05, 3.63) is 42.5 Å². The van der Waals surface area contributed by atoms with E-state index in [0.29, 0.717) is 35.7 Å². The van der Waals surface area contributed by atoms with Gasteiger partial charge in [0, 0.05) is 11.6 Å². The van der Waals surface area contributed by atoms with Crippen molar-refractivity contribution < 1.29 is 23.6 Å². The third kappa shape index (κ3) is 7.28. The summed E-state index contributed by atoms with van der Waals surface area (Å²) in [4.78, 5) is 25.2. The molecular formula is C25H38N7O5P. The minimum absolute atomic E-state index is 0.193. The van der Waals surface area contributed by atoms with E-state index in [0.717, 1.165) is 5.56 Å². The van der Waals surface area contributed by atoms with E-state index >= 15 is 0 Å². The highest BCUT2D eigenvalue weighted by Crippen LogP contribution is 2.43. The van der Waals surface area contributed by atoms with Gasteiger partial charge in [-0.05, 0) is 40.2 Å². The van der Waals surface area contributed by atoms with Crippen molar-refractivity contribution in [2.24, 2.45) is 0 Å². The predicted molar refractivity (Wildman–Crippen MR) is 146 cm³/mol. The van der Waals surface area contributed by atoms with Gasteiger partial charge in [0.1, 0.15) is 29.5 Å². The molecule has 3 aromatic rings. The van der Waals surface area contributed by atoms with Crippen LogP contribution in [0.3, 0.4) is 0 Å². The molecule has 2 heterocycles. The Morgan fingerprint density at radius 3 is 2.66 bits per heavy atom. The van der Waals surface area contributed by atoms with Gasteiger partial charge in [0.15, 0.2) is 11.5 Å². The number of hydrogen-bond donors (Lipinski definition) is 3. The molecule has 0 aliphatic heterocycles. The van der Waals surface area contributed by atoms with Crippen molar-refractivity contribution in [1.29, 1.82) is 0 Å². The fourth-order valence-electron chi connectivity index (χ4n) is 3.97. The van der Waals surface area contributed by atoms with Gasteiger partial charge < -0.3 is 24.5 Å². The number of benzene rings is 1. The zero-order valence-electron chi connectivity index (χ0n) is 22.8. The maximum atomic E-state index is 14.3. The topological polar surface area (TPSA) is 156 Å². The molecule has 3 atom stereocenters. The number of nitrogen functional groups attached to an aromatic ring is 1. The van der Waals surface area contributed by atoms with Crippen LogP contribution in [-0.2, 0) is 25.4 Å². The number of nitrogens with zero attached hydrogens (tertiary/aromatic N) is 4. The lowest BCUT2D eigenvalue weighted by atomic mass is 10.1. The molecule has 13 heteroatoms. The van der Waals surface area contributed by atoms with Crippen LogP contribution in [0.2, 0.25) is 0 Å². The van der Waals surface area contributed by atoms with Crippen LogP contribution < -0.4 is 20.6 Å². The molecule has 0 saturated heterocycles. The first-order valence-electron chi connectivity index (χ1n) is 12.5. The molecule has 3 rings (SSSR count). The number of imidazole rings is 1. The number of methoxy groups -OCH3 is 1. The number of anilines is 1. The molecule has 0 amide bonds. The Kier molecular flexibility index (Phi) is 9.83. The van der Waals surface area contributed by atoms with Crippen LogP contribution in [0.15, 0.2) is 36.9 Å². The summed E-state index contributed by atoms with van der Waals surface area (Å²) in [5.74, 6) is 0.451. The zero-order chi connectivity index (χ0) is 27.9. The third-order valence-electron chi connectivity index (χ3n) is 5.84.